The first-order chi connectivity index (χ1) is 7.30. The lowest BCUT2D eigenvalue weighted by Crippen LogP contribution is -2.02. The van der Waals surface area contributed by atoms with Gasteiger partial charge in [0, 0.05) is 22.1 Å². The Hall–Kier alpha value is -1.21. The normalized spacial score (nSPS) is 12.2. The van der Waals surface area contributed by atoms with Crippen LogP contribution >= 0.6 is 10.7 Å². The summed E-state index contributed by atoms with van der Waals surface area (Å²) in [5, 5.41) is 3.39. The van der Waals surface area contributed by atoms with Gasteiger partial charge in [-0.2, -0.15) is 9.50 Å². The van der Waals surface area contributed by atoms with Gasteiger partial charge in [0.25, 0.3) is 20.0 Å². The highest BCUT2D eigenvalue weighted by Crippen LogP contribution is 2.15. The number of hydrogen-bond acceptors (Lipinski definition) is 5. The molecule has 2 aromatic rings. The summed E-state index contributed by atoms with van der Waals surface area (Å²) in [5.41, 5.74) is 2.52. The molecular formula is C8H9ClN4O2S. The monoisotopic (exact) mass is 260 g/mol. The minimum atomic E-state index is -3.92. The van der Waals surface area contributed by atoms with Crippen molar-refractivity contribution in [2.75, 3.05) is 0 Å². The highest BCUT2D eigenvalue weighted by atomic mass is 35.7. The van der Waals surface area contributed by atoms with E-state index in [1.54, 1.807) is 0 Å². The second kappa shape index (κ2) is 3.39. The van der Waals surface area contributed by atoms with E-state index < -0.39 is 14.2 Å². The van der Waals surface area contributed by atoms with E-state index in [4.69, 9.17) is 10.7 Å². The van der Waals surface area contributed by atoms with Crippen molar-refractivity contribution in [2.24, 2.45) is 0 Å². The summed E-state index contributed by atoms with van der Waals surface area (Å²) in [6.45, 7) is 5.52. The van der Waals surface area contributed by atoms with Crippen LogP contribution in [0, 0.1) is 20.8 Å². The molecule has 16 heavy (non-hydrogen) atoms. The van der Waals surface area contributed by atoms with Crippen LogP contribution < -0.4 is 0 Å². The Kier molecular flexibility index (Phi) is 2.39. The lowest BCUT2D eigenvalue weighted by molar-refractivity contribution is 0.600. The summed E-state index contributed by atoms with van der Waals surface area (Å²) in [5.74, 6) is 0.236. The van der Waals surface area contributed by atoms with Gasteiger partial charge in [0.1, 0.15) is 0 Å². The zero-order valence-electron chi connectivity index (χ0n) is 8.89. The molecule has 0 fully saturated rings. The predicted octanol–water partition coefficient (Wildman–Crippen LogP) is 0.977. The maximum atomic E-state index is 11.1. The van der Waals surface area contributed by atoms with E-state index in [0.717, 1.165) is 17.0 Å². The molecule has 0 saturated heterocycles. The number of aromatic nitrogens is 4. The van der Waals surface area contributed by atoms with Gasteiger partial charge in [0.05, 0.1) is 0 Å². The molecule has 0 amide bonds. The maximum absolute atomic E-state index is 11.1. The molecule has 0 unspecified atom stereocenters. The van der Waals surface area contributed by atoms with Crippen LogP contribution in [-0.2, 0) is 9.05 Å². The van der Waals surface area contributed by atoms with Gasteiger partial charge < -0.3 is 0 Å². The summed E-state index contributed by atoms with van der Waals surface area (Å²) in [6, 6.07) is 0. The van der Waals surface area contributed by atoms with E-state index in [1.807, 2.05) is 20.8 Å². The molecule has 0 saturated carbocycles. The summed E-state index contributed by atoms with van der Waals surface area (Å²) in [6.07, 6.45) is 0. The van der Waals surface area contributed by atoms with Crippen LogP contribution in [0.5, 0.6) is 0 Å². The molecule has 0 aliphatic heterocycles. The standard InChI is InChI=1S/C8H9ClN4O2S/c1-4-5(2)10-7-11-8(16(9,14)15)12-13(7)6(4)3/h1-3H3. The Bertz CT molecular complexity index is 677. The van der Waals surface area contributed by atoms with Crippen molar-refractivity contribution >= 4 is 25.5 Å². The fraction of sp³-hybridized carbons (Fsp3) is 0.375. The number of fused-ring (bicyclic) bond motifs is 1. The molecule has 0 bridgehead atoms. The van der Waals surface area contributed by atoms with E-state index in [0.29, 0.717) is 0 Å². The number of hydrogen-bond donors (Lipinski definition) is 0. The van der Waals surface area contributed by atoms with Crippen LogP contribution in [0.1, 0.15) is 17.0 Å². The third kappa shape index (κ3) is 1.65. The summed E-state index contributed by atoms with van der Waals surface area (Å²) in [4.78, 5) is 7.90. The molecule has 0 spiro atoms. The molecule has 6 nitrogen and oxygen atoms in total. The first-order valence-electron chi connectivity index (χ1n) is 4.46. The maximum Gasteiger partial charge on any atom is 0.298 e. The van der Waals surface area contributed by atoms with E-state index in [1.165, 1.54) is 4.52 Å². The van der Waals surface area contributed by atoms with E-state index in [9.17, 15) is 8.42 Å². The van der Waals surface area contributed by atoms with Gasteiger partial charge in [-0.05, 0) is 26.3 Å². The van der Waals surface area contributed by atoms with Crippen LogP contribution in [0.4, 0.5) is 0 Å². The number of nitrogens with zero attached hydrogens (tertiary/aromatic N) is 4. The lowest BCUT2D eigenvalue weighted by Gasteiger charge is -2.03. The van der Waals surface area contributed by atoms with E-state index in [2.05, 4.69) is 15.1 Å². The van der Waals surface area contributed by atoms with Crippen LogP contribution in [-0.4, -0.2) is 28.0 Å². The first-order valence-corrected chi connectivity index (χ1v) is 6.77. The average molecular weight is 261 g/mol. The Morgan fingerprint density at radius 3 is 2.38 bits per heavy atom. The zero-order chi connectivity index (χ0) is 12.1. The first kappa shape index (κ1) is 11.3. The topological polar surface area (TPSA) is 77.2 Å². The molecule has 86 valence electrons. The van der Waals surface area contributed by atoms with Gasteiger partial charge >= 0.3 is 0 Å². The average Bonchev–Trinajstić information content (AvgIpc) is 2.57. The van der Waals surface area contributed by atoms with Gasteiger partial charge in [0.2, 0.25) is 0 Å². The largest absolute Gasteiger partial charge is 0.298 e. The Balaban J connectivity index is 2.87. The van der Waals surface area contributed by atoms with Crippen molar-refractivity contribution < 1.29 is 8.42 Å². The molecule has 0 aromatic carbocycles. The summed E-state index contributed by atoms with van der Waals surface area (Å²) >= 11 is 0. The third-order valence-corrected chi connectivity index (χ3v) is 3.48. The molecule has 8 heteroatoms. The van der Waals surface area contributed by atoms with Gasteiger partial charge in [-0.1, -0.05) is 0 Å². The minimum Gasteiger partial charge on any atom is -0.216 e. The third-order valence-electron chi connectivity index (χ3n) is 2.46. The molecule has 2 aromatic heterocycles. The van der Waals surface area contributed by atoms with Crippen molar-refractivity contribution in [1.82, 2.24) is 19.6 Å². The van der Waals surface area contributed by atoms with Gasteiger partial charge in [-0.25, -0.2) is 13.4 Å². The quantitative estimate of drug-likeness (QED) is 0.714. The molecule has 0 aliphatic carbocycles. The number of halogens is 1. The molecule has 2 heterocycles. The Morgan fingerprint density at radius 2 is 1.81 bits per heavy atom. The van der Waals surface area contributed by atoms with Crippen molar-refractivity contribution in [3.05, 3.63) is 17.0 Å². The number of aryl methyl sites for hydroxylation is 2. The highest BCUT2D eigenvalue weighted by molar-refractivity contribution is 8.13. The van der Waals surface area contributed by atoms with Gasteiger partial charge in [0.15, 0.2) is 0 Å². The number of rotatable bonds is 1. The molecule has 0 aliphatic rings. The van der Waals surface area contributed by atoms with Crippen LogP contribution in [0.3, 0.4) is 0 Å². The minimum absolute atomic E-state index is 0.236. The Labute approximate surface area is 96.7 Å². The fourth-order valence-corrected chi connectivity index (χ4v) is 1.91. The van der Waals surface area contributed by atoms with E-state index in [-0.39, 0.29) is 5.78 Å². The van der Waals surface area contributed by atoms with Crippen LogP contribution in [0.25, 0.3) is 5.78 Å². The van der Waals surface area contributed by atoms with Crippen molar-refractivity contribution in [2.45, 2.75) is 25.9 Å². The van der Waals surface area contributed by atoms with Gasteiger partial charge in [-0.15, -0.1) is 5.10 Å². The molecule has 0 radical (unpaired) electrons. The summed E-state index contributed by atoms with van der Waals surface area (Å²) < 4.78 is 23.5. The molecule has 2 rings (SSSR count). The molecule has 0 atom stereocenters. The predicted molar refractivity (Wildman–Crippen MR) is 58.0 cm³/mol. The lowest BCUT2D eigenvalue weighted by atomic mass is 10.2. The zero-order valence-corrected chi connectivity index (χ0v) is 10.5. The van der Waals surface area contributed by atoms with Crippen LogP contribution in [0.15, 0.2) is 5.16 Å². The molecular weight excluding hydrogens is 252 g/mol. The second-order valence-corrected chi connectivity index (χ2v) is 5.91. The van der Waals surface area contributed by atoms with Crippen molar-refractivity contribution in [3.8, 4) is 0 Å². The van der Waals surface area contributed by atoms with Crippen molar-refractivity contribution in [3.63, 3.8) is 0 Å². The SMILES string of the molecule is Cc1nc2nc(S(=O)(=O)Cl)nn2c(C)c1C. The molecule has 0 N–H and O–H groups in total. The smallest absolute Gasteiger partial charge is 0.216 e. The Morgan fingerprint density at radius 1 is 1.19 bits per heavy atom. The van der Waals surface area contributed by atoms with Gasteiger partial charge in [-0.3, -0.25) is 0 Å². The van der Waals surface area contributed by atoms with Crippen LogP contribution in [0.2, 0.25) is 0 Å². The highest BCUT2D eigenvalue weighted by Gasteiger charge is 2.19. The van der Waals surface area contributed by atoms with Crippen molar-refractivity contribution in [1.29, 1.82) is 0 Å². The summed E-state index contributed by atoms with van der Waals surface area (Å²) in [7, 11) is 1.25. The fourth-order valence-electron chi connectivity index (χ4n) is 1.34. The second-order valence-electron chi connectivity index (χ2n) is 3.45. The van der Waals surface area contributed by atoms with E-state index >= 15 is 0 Å².